The van der Waals surface area contributed by atoms with E-state index >= 15 is 0 Å². The number of amides is 2. The molecule has 0 aromatic carbocycles. The Labute approximate surface area is 144 Å². The molecule has 0 N–H and O–H groups in total. The molecule has 0 aliphatic heterocycles. The molecule has 0 atom stereocenters. The average Bonchev–Trinajstić information content (AvgIpc) is 2.36. The maximum atomic E-state index is 11.2. The van der Waals surface area contributed by atoms with E-state index < -0.39 is 16.6 Å². The molecule has 5 nitrogen and oxygen atoms in total. The van der Waals surface area contributed by atoms with E-state index in [1.165, 1.54) is 0 Å². The number of nitrogens with zero attached hydrogens (tertiary/aromatic N) is 2. The largest absolute Gasteiger partial charge is 0.455 e. The monoisotopic (exact) mass is 360 g/mol. The summed E-state index contributed by atoms with van der Waals surface area (Å²) in [6, 6.07) is 2.16. The van der Waals surface area contributed by atoms with Crippen molar-refractivity contribution in [2.45, 2.75) is 65.0 Å². The molecular weight excluding hydrogens is 324 g/mol. The predicted molar refractivity (Wildman–Crippen MR) is 102 cm³/mol. The van der Waals surface area contributed by atoms with Gasteiger partial charge in [0.15, 0.2) is 16.6 Å². The number of carbonyl (C=O) groups is 2. The first-order chi connectivity index (χ1) is 10.4. The molecule has 0 saturated heterocycles. The lowest BCUT2D eigenvalue weighted by Crippen LogP contribution is -2.45. The van der Waals surface area contributed by atoms with Gasteiger partial charge in [0.05, 0.1) is 0 Å². The Kier molecular flexibility index (Phi) is 9.31. The Morgan fingerprint density at radius 1 is 0.783 bits per heavy atom. The number of hydrogen-bond acceptors (Lipinski definition) is 3. The first kappa shape index (κ1) is 22.3. The normalized spacial score (nSPS) is 12.2. The van der Waals surface area contributed by atoms with Gasteiger partial charge in [0.1, 0.15) is 0 Å². The summed E-state index contributed by atoms with van der Waals surface area (Å²) in [4.78, 5) is 26.0. The summed E-state index contributed by atoms with van der Waals surface area (Å²) < 4.78 is 6.58. The minimum atomic E-state index is -1.70. The first-order valence-corrected chi connectivity index (χ1v) is 14.7. The van der Waals surface area contributed by atoms with Gasteiger partial charge in [-0.3, -0.25) is 9.59 Å². The topological polar surface area (TPSA) is 49.9 Å². The third kappa shape index (κ3) is 10.7. The second-order valence-electron chi connectivity index (χ2n) is 7.71. The maximum absolute atomic E-state index is 11.2. The van der Waals surface area contributed by atoms with Gasteiger partial charge < -0.3 is 13.9 Å². The molecule has 7 heteroatoms. The summed E-state index contributed by atoms with van der Waals surface area (Å²) in [5, 5.41) is 0. The molecule has 0 heterocycles. The van der Waals surface area contributed by atoms with Crippen molar-refractivity contribution in [1.82, 2.24) is 9.80 Å². The van der Waals surface area contributed by atoms with Crippen molar-refractivity contribution in [3.8, 4) is 0 Å². The predicted octanol–water partition coefficient (Wildman–Crippen LogP) is 3.15. The zero-order chi connectivity index (χ0) is 18.3. The third-order valence-electron chi connectivity index (χ3n) is 4.17. The van der Waals surface area contributed by atoms with Gasteiger partial charge >= 0.3 is 0 Å². The average molecular weight is 361 g/mol. The summed E-state index contributed by atoms with van der Waals surface area (Å²) in [6.07, 6.45) is 2.01. The lowest BCUT2D eigenvalue weighted by atomic mass is 10.4. The van der Waals surface area contributed by atoms with Crippen molar-refractivity contribution in [3.05, 3.63) is 0 Å². The van der Waals surface area contributed by atoms with E-state index in [-0.39, 0.29) is 11.8 Å². The molecule has 0 aliphatic carbocycles. The second-order valence-corrected chi connectivity index (χ2v) is 16.6. The number of rotatable bonds is 10. The molecule has 0 radical (unpaired) electrons. The van der Waals surface area contributed by atoms with E-state index in [2.05, 4.69) is 26.2 Å². The molecule has 0 aromatic rings. The van der Waals surface area contributed by atoms with Crippen LogP contribution in [0.15, 0.2) is 0 Å². The van der Waals surface area contributed by atoms with Crippen molar-refractivity contribution < 1.29 is 13.7 Å². The van der Waals surface area contributed by atoms with Crippen molar-refractivity contribution in [2.75, 3.05) is 27.2 Å². The molecule has 0 unspecified atom stereocenters. The highest BCUT2D eigenvalue weighted by molar-refractivity contribution is 6.84. The van der Waals surface area contributed by atoms with Crippen LogP contribution in [0.2, 0.25) is 38.3 Å². The molecule has 0 fully saturated rings. The zero-order valence-corrected chi connectivity index (χ0v) is 18.4. The SMILES string of the molecule is CC(=O)N(C)CCC[Si](C)(C)O[Si](C)(C)CCCN(C)C(C)=O. The molecule has 0 aliphatic rings. The van der Waals surface area contributed by atoms with Gasteiger partial charge in [-0.1, -0.05) is 0 Å². The van der Waals surface area contributed by atoms with E-state index in [0.717, 1.165) is 38.0 Å². The highest BCUT2D eigenvalue weighted by Crippen LogP contribution is 2.24. The Morgan fingerprint density at radius 3 is 1.35 bits per heavy atom. The van der Waals surface area contributed by atoms with Crippen LogP contribution in [0.25, 0.3) is 0 Å². The molecular formula is C16H36N2O3Si2. The van der Waals surface area contributed by atoms with Crippen LogP contribution in [0.1, 0.15) is 26.7 Å². The highest BCUT2D eigenvalue weighted by Gasteiger charge is 2.32. The number of hydrogen-bond donors (Lipinski definition) is 0. The lowest BCUT2D eigenvalue weighted by molar-refractivity contribution is -0.128. The van der Waals surface area contributed by atoms with E-state index in [1.807, 2.05) is 14.1 Å². The fourth-order valence-corrected chi connectivity index (χ4v) is 11.5. The van der Waals surface area contributed by atoms with Crippen molar-refractivity contribution in [2.24, 2.45) is 0 Å². The molecule has 0 spiro atoms. The standard InChI is InChI=1S/C16H36N2O3Si2/c1-15(19)17(3)11-9-13-22(5,6)21-23(7,8)14-10-12-18(4)16(2)20/h9-14H2,1-8H3. The smallest absolute Gasteiger partial charge is 0.219 e. The Balaban J connectivity index is 4.23. The third-order valence-corrected chi connectivity index (χ3v) is 11.7. The van der Waals surface area contributed by atoms with Gasteiger partial charge in [-0.15, -0.1) is 0 Å². The van der Waals surface area contributed by atoms with Gasteiger partial charge in [0.25, 0.3) is 0 Å². The molecule has 0 rings (SSSR count). The van der Waals surface area contributed by atoms with Crippen LogP contribution in [0.5, 0.6) is 0 Å². The summed E-state index contributed by atoms with van der Waals surface area (Å²) in [6.45, 7) is 13.9. The van der Waals surface area contributed by atoms with Gasteiger partial charge in [-0.2, -0.15) is 0 Å². The van der Waals surface area contributed by atoms with E-state index in [9.17, 15) is 9.59 Å². The van der Waals surface area contributed by atoms with Gasteiger partial charge in [0, 0.05) is 41.0 Å². The minimum Gasteiger partial charge on any atom is -0.455 e. The maximum Gasteiger partial charge on any atom is 0.219 e. The lowest BCUT2D eigenvalue weighted by Gasteiger charge is -2.34. The quantitative estimate of drug-likeness (QED) is 0.562. The van der Waals surface area contributed by atoms with Gasteiger partial charge in [0.2, 0.25) is 11.8 Å². The van der Waals surface area contributed by atoms with Crippen molar-refractivity contribution >= 4 is 28.4 Å². The van der Waals surface area contributed by atoms with Crippen LogP contribution in [-0.2, 0) is 13.7 Å². The fraction of sp³-hybridized carbons (Fsp3) is 0.875. The fourth-order valence-electron chi connectivity index (χ4n) is 2.65. The molecule has 0 saturated carbocycles. The molecule has 2 amide bonds. The van der Waals surface area contributed by atoms with Crippen LogP contribution in [0.3, 0.4) is 0 Å². The van der Waals surface area contributed by atoms with Crippen LogP contribution >= 0.6 is 0 Å². The summed E-state index contributed by atoms with van der Waals surface area (Å²) >= 11 is 0. The van der Waals surface area contributed by atoms with E-state index in [1.54, 1.807) is 23.6 Å². The van der Waals surface area contributed by atoms with Gasteiger partial charge in [-0.05, 0) is 51.1 Å². The van der Waals surface area contributed by atoms with Crippen molar-refractivity contribution in [3.63, 3.8) is 0 Å². The Hall–Kier alpha value is -0.666. The van der Waals surface area contributed by atoms with Crippen LogP contribution < -0.4 is 0 Å². The summed E-state index contributed by atoms with van der Waals surface area (Å²) in [5.74, 6) is 0.240. The van der Waals surface area contributed by atoms with E-state index in [0.29, 0.717) is 0 Å². The number of carbonyl (C=O) groups excluding carboxylic acids is 2. The molecule has 136 valence electrons. The van der Waals surface area contributed by atoms with Crippen LogP contribution in [0.4, 0.5) is 0 Å². The Bertz CT molecular complexity index is 365. The van der Waals surface area contributed by atoms with Crippen LogP contribution in [-0.4, -0.2) is 65.4 Å². The minimum absolute atomic E-state index is 0.120. The van der Waals surface area contributed by atoms with Crippen molar-refractivity contribution in [1.29, 1.82) is 0 Å². The highest BCUT2D eigenvalue weighted by atomic mass is 28.4. The van der Waals surface area contributed by atoms with Gasteiger partial charge in [-0.25, -0.2) is 0 Å². The molecule has 0 bridgehead atoms. The summed E-state index contributed by atoms with van der Waals surface area (Å²) in [5.41, 5.74) is 0. The summed E-state index contributed by atoms with van der Waals surface area (Å²) in [7, 11) is 0.306. The second kappa shape index (κ2) is 9.59. The Morgan fingerprint density at radius 2 is 1.09 bits per heavy atom. The molecule has 23 heavy (non-hydrogen) atoms. The molecule has 0 aromatic heterocycles. The first-order valence-electron chi connectivity index (χ1n) is 8.50. The zero-order valence-electron chi connectivity index (χ0n) is 16.4. The van der Waals surface area contributed by atoms with E-state index in [4.69, 9.17) is 4.12 Å². The van der Waals surface area contributed by atoms with Crippen LogP contribution in [0, 0.1) is 0 Å².